The van der Waals surface area contributed by atoms with E-state index in [9.17, 15) is 0 Å². The lowest BCUT2D eigenvalue weighted by molar-refractivity contribution is 0.149. The number of ether oxygens (including phenoxy) is 1. The van der Waals surface area contributed by atoms with Crippen LogP contribution in [0.15, 0.2) is 35.0 Å². The molecule has 178 valence electrons. The van der Waals surface area contributed by atoms with Crippen molar-refractivity contribution in [2.45, 2.75) is 51.7 Å². The maximum absolute atomic E-state index is 6.31. The Hall–Kier alpha value is -2.91. The fraction of sp³-hybridized carbons (Fsp3) is 0.542. The monoisotopic (exact) mass is 453 g/mol. The predicted molar refractivity (Wildman–Crippen MR) is 131 cm³/mol. The topological polar surface area (TPSA) is 106 Å². The smallest absolute Gasteiger partial charge is 0.299 e. The Morgan fingerprint density at radius 3 is 2.67 bits per heavy atom. The molecule has 0 unspecified atom stereocenters. The Morgan fingerprint density at radius 2 is 1.91 bits per heavy atom. The van der Waals surface area contributed by atoms with Crippen molar-refractivity contribution in [2.75, 3.05) is 43.4 Å². The van der Waals surface area contributed by atoms with Gasteiger partial charge in [0, 0.05) is 37.3 Å². The summed E-state index contributed by atoms with van der Waals surface area (Å²) in [5.74, 6) is 1.72. The molecule has 9 heteroatoms. The van der Waals surface area contributed by atoms with E-state index in [0.717, 1.165) is 68.5 Å². The Balaban J connectivity index is 1.47. The van der Waals surface area contributed by atoms with Gasteiger partial charge in [-0.2, -0.15) is 4.98 Å². The molecule has 2 heterocycles. The molecule has 1 aromatic carbocycles. The number of hydrogen-bond donors (Lipinski definition) is 2. The van der Waals surface area contributed by atoms with Gasteiger partial charge in [0.2, 0.25) is 11.8 Å². The molecule has 1 fully saturated rings. The molecule has 0 bridgehead atoms. The second-order valence-corrected chi connectivity index (χ2v) is 8.65. The van der Waals surface area contributed by atoms with Crippen molar-refractivity contribution in [3.63, 3.8) is 0 Å². The lowest BCUT2D eigenvalue weighted by Crippen LogP contribution is -2.33. The van der Waals surface area contributed by atoms with Crippen LogP contribution in [0.1, 0.15) is 39.5 Å². The first-order valence-electron chi connectivity index (χ1n) is 11.9. The van der Waals surface area contributed by atoms with Crippen molar-refractivity contribution in [1.82, 2.24) is 19.9 Å². The molecule has 1 saturated carbocycles. The van der Waals surface area contributed by atoms with E-state index < -0.39 is 0 Å². The third-order valence-corrected chi connectivity index (χ3v) is 6.26. The second kappa shape index (κ2) is 10.8. The zero-order valence-electron chi connectivity index (χ0n) is 19.8. The Kier molecular flexibility index (Phi) is 7.61. The van der Waals surface area contributed by atoms with Crippen molar-refractivity contribution in [3.8, 4) is 5.75 Å². The second-order valence-electron chi connectivity index (χ2n) is 8.65. The number of para-hydroxylation sites is 1. The molecule has 3 aromatic rings. The van der Waals surface area contributed by atoms with Crippen molar-refractivity contribution >= 4 is 28.8 Å². The highest BCUT2D eigenvalue weighted by molar-refractivity contribution is 5.84. The lowest BCUT2D eigenvalue weighted by atomic mass is 9.94. The van der Waals surface area contributed by atoms with Crippen LogP contribution in [-0.4, -0.2) is 65.2 Å². The summed E-state index contributed by atoms with van der Waals surface area (Å²) in [6.45, 7) is 7.86. The van der Waals surface area contributed by atoms with Gasteiger partial charge in [0.25, 0.3) is 6.01 Å². The first-order valence-corrected chi connectivity index (χ1v) is 11.9. The largest absolute Gasteiger partial charge is 0.488 e. The molecule has 0 saturated heterocycles. The number of nitrogens with zero attached hydrogens (tertiary/aromatic N) is 5. The van der Waals surface area contributed by atoms with Gasteiger partial charge in [0.1, 0.15) is 11.3 Å². The summed E-state index contributed by atoms with van der Waals surface area (Å²) in [4.78, 5) is 18.0. The fourth-order valence-electron chi connectivity index (χ4n) is 3.99. The third kappa shape index (κ3) is 5.91. The number of nitrogens with one attached hydrogen (secondary N) is 1. The Labute approximate surface area is 195 Å². The van der Waals surface area contributed by atoms with Crippen molar-refractivity contribution in [1.29, 1.82) is 0 Å². The normalized spacial score (nSPS) is 18.6. The standard InChI is InChI=1S/C24H35N7O2/c1-4-30(3)13-14-31(5-2)24-27-16-21(33-24)28-23-26-15-17-7-6-8-20(22(17)29-23)32-19-11-9-18(25)10-12-19/h6-8,15-16,18-19H,4-5,9-14,25H2,1-3H3,(H,26,28,29). The zero-order chi connectivity index (χ0) is 23.2. The molecule has 0 radical (unpaired) electrons. The summed E-state index contributed by atoms with van der Waals surface area (Å²) in [7, 11) is 2.11. The molecule has 0 aliphatic heterocycles. The zero-order valence-corrected chi connectivity index (χ0v) is 19.8. The molecule has 4 rings (SSSR count). The van der Waals surface area contributed by atoms with Gasteiger partial charge >= 0.3 is 0 Å². The number of hydrogen-bond acceptors (Lipinski definition) is 9. The Morgan fingerprint density at radius 1 is 1.09 bits per heavy atom. The fourth-order valence-corrected chi connectivity index (χ4v) is 3.99. The molecule has 9 nitrogen and oxygen atoms in total. The van der Waals surface area contributed by atoms with Crippen LogP contribution in [0.2, 0.25) is 0 Å². The van der Waals surface area contributed by atoms with Crippen LogP contribution in [0, 0.1) is 0 Å². The molecule has 33 heavy (non-hydrogen) atoms. The van der Waals surface area contributed by atoms with Crippen molar-refractivity contribution < 1.29 is 9.15 Å². The summed E-state index contributed by atoms with van der Waals surface area (Å²) >= 11 is 0. The lowest BCUT2D eigenvalue weighted by Gasteiger charge is -2.27. The van der Waals surface area contributed by atoms with Gasteiger partial charge < -0.3 is 24.7 Å². The Bertz CT molecular complexity index is 1030. The first kappa shape index (κ1) is 23.3. The number of fused-ring (bicyclic) bond motifs is 1. The maximum atomic E-state index is 6.31. The molecule has 1 aliphatic rings. The average molecular weight is 454 g/mol. The van der Waals surface area contributed by atoms with Crippen LogP contribution in [-0.2, 0) is 0 Å². The van der Waals surface area contributed by atoms with Gasteiger partial charge in [-0.15, -0.1) is 0 Å². The van der Waals surface area contributed by atoms with E-state index in [1.807, 2.05) is 18.2 Å². The molecule has 3 N–H and O–H groups in total. The number of likely N-dealkylation sites (N-methyl/N-ethyl adjacent to an activating group) is 2. The molecule has 0 amide bonds. The van der Waals surface area contributed by atoms with Gasteiger partial charge in [-0.25, -0.2) is 9.97 Å². The minimum absolute atomic E-state index is 0.172. The van der Waals surface area contributed by atoms with Crippen LogP contribution >= 0.6 is 0 Å². The highest BCUT2D eigenvalue weighted by Crippen LogP contribution is 2.29. The minimum Gasteiger partial charge on any atom is -0.488 e. The molecule has 2 aromatic heterocycles. The number of nitrogens with two attached hydrogens (primary N) is 1. The minimum atomic E-state index is 0.172. The van der Waals surface area contributed by atoms with Crippen LogP contribution in [0.5, 0.6) is 5.75 Å². The SMILES string of the molecule is CCN(C)CCN(CC)c1ncc(Nc2ncc3cccc(OC4CCC(N)CC4)c3n2)o1. The summed E-state index contributed by atoms with van der Waals surface area (Å²) in [6, 6.07) is 6.80. The number of oxazole rings is 1. The highest BCUT2D eigenvalue weighted by atomic mass is 16.5. The van der Waals surface area contributed by atoms with E-state index >= 15 is 0 Å². The van der Waals surface area contributed by atoms with Crippen molar-refractivity contribution in [3.05, 3.63) is 30.6 Å². The first-order chi connectivity index (χ1) is 16.1. The van der Waals surface area contributed by atoms with Crippen LogP contribution < -0.4 is 20.7 Å². The third-order valence-electron chi connectivity index (χ3n) is 6.26. The highest BCUT2D eigenvalue weighted by Gasteiger charge is 2.21. The maximum Gasteiger partial charge on any atom is 0.299 e. The van der Waals surface area contributed by atoms with Crippen LogP contribution in [0.4, 0.5) is 17.8 Å². The number of rotatable bonds is 10. The number of aromatic nitrogens is 3. The molecule has 0 spiro atoms. The number of benzene rings is 1. The summed E-state index contributed by atoms with van der Waals surface area (Å²) < 4.78 is 12.3. The van der Waals surface area contributed by atoms with E-state index in [-0.39, 0.29) is 6.10 Å². The molecular weight excluding hydrogens is 418 g/mol. The molecular formula is C24H35N7O2. The van der Waals surface area contributed by atoms with Gasteiger partial charge in [-0.3, -0.25) is 5.32 Å². The van der Waals surface area contributed by atoms with E-state index in [1.54, 1.807) is 12.4 Å². The molecule has 0 atom stereocenters. The van der Waals surface area contributed by atoms with Crippen LogP contribution in [0.3, 0.4) is 0 Å². The van der Waals surface area contributed by atoms with Crippen LogP contribution in [0.25, 0.3) is 10.9 Å². The van der Waals surface area contributed by atoms with Gasteiger partial charge in [0.15, 0.2) is 0 Å². The average Bonchev–Trinajstić information content (AvgIpc) is 3.29. The summed E-state index contributed by atoms with van der Waals surface area (Å²) in [6.07, 6.45) is 7.56. The predicted octanol–water partition coefficient (Wildman–Crippen LogP) is 3.79. The number of anilines is 3. The van der Waals surface area contributed by atoms with E-state index in [0.29, 0.717) is 23.9 Å². The summed E-state index contributed by atoms with van der Waals surface area (Å²) in [5.41, 5.74) is 6.82. The van der Waals surface area contributed by atoms with Crippen molar-refractivity contribution in [2.24, 2.45) is 5.73 Å². The van der Waals surface area contributed by atoms with Gasteiger partial charge in [-0.1, -0.05) is 19.1 Å². The quantitative estimate of drug-likeness (QED) is 0.474. The van der Waals surface area contributed by atoms with E-state index in [1.165, 1.54) is 0 Å². The van der Waals surface area contributed by atoms with E-state index in [2.05, 4.69) is 46.0 Å². The van der Waals surface area contributed by atoms with Gasteiger partial charge in [0.05, 0.1) is 12.3 Å². The summed E-state index contributed by atoms with van der Waals surface area (Å²) in [5, 5.41) is 4.08. The van der Waals surface area contributed by atoms with Gasteiger partial charge in [-0.05, 0) is 52.3 Å². The molecule has 1 aliphatic carbocycles. The van der Waals surface area contributed by atoms with E-state index in [4.69, 9.17) is 19.9 Å².